The third kappa shape index (κ3) is 2.56. The first kappa shape index (κ1) is 13.1. The number of aliphatic carboxylic acids is 1. The molecule has 3 atom stereocenters. The zero-order valence-electron chi connectivity index (χ0n) is 9.52. The summed E-state index contributed by atoms with van der Waals surface area (Å²) in [6.45, 7) is 1.98. The Morgan fingerprint density at radius 2 is 2.29 bits per heavy atom. The number of rotatable bonds is 3. The summed E-state index contributed by atoms with van der Waals surface area (Å²) in [7, 11) is 0. The molecule has 0 radical (unpaired) electrons. The van der Waals surface area contributed by atoms with E-state index in [4.69, 9.17) is 5.11 Å². The number of hydrogen-bond acceptors (Lipinski definition) is 3. The highest BCUT2D eigenvalue weighted by Gasteiger charge is 2.38. The second-order valence-corrected chi connectivity index (χ2v) is 6.68. The van der Waals surface area contributed by atoms with Gasteiger partial charge in [-0.05, 0) is 41.8 Å². The minimum absolute atomic E-state index is 0.141. The Hall–Kier alpha value is -0.390. The van der Waals surface area contributed by atoms with Crippen LogP contribution >= 0.6 is 27.3 Å². The summed E-state index contributed by atoms with van der Waals surface area (Å²) in [4.78, 5) is 13.1. The van der Waals surface area contributed by atoms with Gasteiger partial charge in [0.15, 0.2) is 0 Å². The van der Waals surface area contributed by atoms with E-state index in [9.17, 15) is 9.90 Å². The maximum absolute atomic E-state index is 11.1. The third-order valence-corrected chi connectivity index (χ3v) is 5.67. The lowest BCUT2D eigenvalue weighted by Gasteiger charge is -2.21. The van der Waals surface area contributed by atoms with Crippen LogP contribution in [0.1, 0.15) is 35.1 Å². The van der Waals surface area contributed by atoms with Crippen LogP contribution in [0.5, 0.6) is 0 Å². The first-order chi connectivity index (χ1) is 8.00. The molecule has 0 bridgehead atoms. The van der Waals surface area contributed by atoms with Crippen molar-refractivity contribution >= 4 is 33.2 Å². The highest BCUT2D eigenvalue weighted by atomic mass is 79.9. The number of aliphatic hydroxyl groups excluding tert-OH is 1. The molecule has 0 amide bonds. The molecule has 1 aromatic heterocycles. The molecule has 94 valence electrons. The fourth-order valence-corrected chi connectivity index (χ4v) is 4.13. The molecular weight excluding hydrogens is 304 g/mol. The lowest BCUT2D eigenvalue weighted by atomic mass is 9.90. The molecule has 1 aliphatic rings. The van der Waals surface area contributed by atoms with Crippen LogP contribution < -0.4 is 0 Å². The summed E-state index contributed by atoms with van der Waals surface area (Å²) < 4.78 is 0.987. The van der Waals surface area contributed by atoms with Gasteiger partial charge >= 0.3 is 5.97 Å². The topological polar surface area (TPSA) is 57.5 Å². The van der Waals surface area contributed by atoms with Gasteiger partial charge in [-0.25, -0.2) is 0 Å². The van der Waals surface area contributed by atoms with Gasteiger partial charge in [-0.3, -0.25) is 4.79 Å². The van der Waals surface area contributed by atoms with Gasteiger partial charge in [-0.1, -0.05) is 6.42 Å². The molecule has 3 unspecified atom stereocenters. The van der Waals surface area contributed by atoms with Crippen LogP contribution in [0.4, 0.5) is 0 Å². The van der Waals surface area contributed by atoms with Crippen LogP contribution in [-0.2, 0) is 4.79 Å². The molecule has 0 aromatic carbocycles. The normalized spacial score (nSPS) is 26.1. The average Bonchev–Trinajstić information content (AvgIpc) is 2.85. The molecule has 0 spiro atoms. The van der Waals surface area contributed by atoms with E-state index in [-0.39, 0.29) is 5.92 Å². The van der Waals surface area contributed by atoms with Gasteiger partial charge in [0.25, 0.3) is 0 Å². The second-order valence-electron chi connectivity index (χ2n) is 4.54. The molecule has 1 fully saturated rings. The zero-order valence-corrected chi connectivity index (χ0v) is 11.9. The van der Waals surface area contributed by atoms with Crippen molar-refractivity contribution in [2.24, 2.45) is 11.8 Å². The van der Waals surface area contributed by atoms with Crippen molar-refractivity contribution in [3.05, 3.63) is 20.3 Å². The van der Waals surface area contributed by atoms with Crippen LogP contribution in [0.25, 0.3) is 0 Å². The number of halogens is 1. The van der Waals surface area contributed by atoms with Crippen LogP contribution in [0.3, 0.4) is 0 Å². The minimum Gasteiger partial charge on any atom is -0.481 e. The van der Waals surface area contributed by atoms with Crippen LogP contribution in [-0.4, -0.2) is 16.2 Å². The molecule has 2 rings (SSSR count). The molecule has 1 heterocycles. The molecule has 5 heteroatoms. The van der Waals surface area contributed by atoms with Gasteiger partial charge in [0.2, 0.25) is 0 Å². The van der Waals surface area contributed by atoms with Crippen LogP contribution in [0.2, 0.25) is 0 Å². The number of carbonyl (C=O) groups is 1. The predicted molar refractivity (Wildman–Crippen MR) is 70.2 cm³/mol. The SMILES string of the molecule is Cc1sc(C(O)C2CCCC2C(=O)O)cc1Br. The Labute approximate surface area is 113 Å². The molecule has 1 aliphatic carbocycles. The Morgan fingerprint density at radius 1 is 1.59 bits per heavy atom. The van der Waals surface area contributed by atoms with Crippen LogP contribution in [0.15, 0.2) is 10.5 Å². The third-order valence-electron chi connectivity index (χ3n) is 3.46. The largest absolute Gasteiger partial charge is 0.481 e. The quantitative estimate of drug-likeness (QED) is 0.898. The van der Waals surface area contributed by atoms with Gasteiger partial charge in [-0.2, -0.15) is 0 Å². The molecule has 1 saturated carbocycles. The van der Waals surface area contributed by atoms with Gasteiger partial charge < -0.3 is 10.2 Å². The number of carboxylic acids is 1. The fraction of sp³-hybridized carbons (Fsp3) is 0.583. The number of aliphatic hydroxyl groups is 1. The fourth-order valence-electron chi connectivity index (χ4n) is 2.51. The predicted octanol–water partition coefficient (Wildman–Crippen LogP) is 3.35. The molecule has 1 aromatic rings. The summed E-state index contributed by atoms with van der Waals surface area (Å²) in [5, 5.41) is 19.4. The van der Waals surface area contributed by atoms with Crippen molar-refractivity contribution in [1.82, 2.24) is 0 Å². The van der Waals surface area contributed by atoms with Crippen molar-refractivity contribution in [3.63, 3.8) is 0 Å². The summed E-state index contributed by atoms with van der Waals surface area (Å²) in [6, 6.07) is 1.90. The van der Waals surface area contributed by atoms with Crippen molar-refractivity contribution in [1.29, 1.82) is 0 Å². The van der Waals surface area contributed by atoms with Gasteiger partial charge in [-0.15, -0.1) is 11.3 Å². The van der Waals surface area contributed by atoms with E-state index in [0.29, 0.717) is 6.42 Å². The molecule has 0 aliphatic heterocycles. The zero-order chi connectivity index (χ0) is 12.6. The monoisotopic (exact) mass is 318 g/mol. The number of carboxylic acid groups (broad SMARTS) is 1. The van der Waals surface area contributed by atoms with E-state index in [2.05, 4.69) is 15.9 Å². The van der Waals surface area contributed by atoms with Crippen molar-refractivity contribution < 1.29 is 15.0 Å². The summed E-state index contributed by atoms with van der Waals surface area (Å²) >= 11 is 4.95. The average molecular weight is 319 g/mol. The van der Waals surface area contributed by atoms with E-state index < -0.39 is 18.0 Å². The first-order valence-electron chi connectivity index (χ1n) is 5.67. The van der Waals surface area contributed by atoms with E-state index in [1.54, 1.807) is 0 Å². The Morgan fingerprint density at radius 3 is 2.82 bits per heavy atom. The minimum atomic E-state index is -0.779. The lowest BCUT2D eigenvalue weighted by Crippen LogP contribution is -2.23. The Bertz CT molecular complexity index is 410. The Balaban J connectivity index is 2.19. The van der Waals surface area contributed by atoms with Crippen molar-refractivity contribution in [3.8, 4) is 0 Å². The first-order valence-corrected chi connectivity index (χ1v) is 7.28. The summed E-state index contributed by atoms with van der Waals surface area (Å²) in [5.41, 5.74) is 0. The van der Waals surface area contributed by atoms with Gasteiger partial charge in [0.1, 0.15) is 0 Å². The second kappa shape index (κ2) is 5.08. The molecule has 0 saturated heterocycles. The maximum Gasteiger partial charge on any atom is 0.306 e. The van der Waals surface area contributed by atoms with E-state index in [0.717, 1.165) is 27.1 Å². The highest BCUT2D eigenvalue weighted by Crippen LogP contribution is 2.43. The van der Waals surface area contributed by atoms with Gasteiger partial charge in [0.05, 0.1) is 12.0 Å². The van der Waals surface area contributed by atoms with Gasteiger partial charge in [0, 0.05) is 20.1 Å². The standard InChI is InChI=1S/C12H15BrO3S/c1-6-9(13)5-10(17-6)11(14)7-3-2-4-8(7)12(15)16/h5,7-8,11,14H,2-4H2,1H3,(H,15,16). The maximum atomic E-state index is 11.1. The number of thiophene rings is 1. The molecular formula is C12H15BrO3S. The smallest absolute Gasteiger partial charge is 0.306 e. The number of hydrogen-bond donors (Lipinski definition) is 2. The highest BCUT2D eigenvalue weighted by molar-refractivity contribution is 9.10. The lowest BCUT2D eigenvalue weighted by molar-refractivity contribution is -0.144. The van der Waals surface area contributed by atoms with E-state index in [1.807, 2.05) is 13.0 Å². The van der Waals surface area contributed by atoms with E-state index >= 15 is 0 Å². The molecule has 2 N–H and O–H groups in total. The molecule has 17 heavy (non-hydrogen) atoms. The van der Waals surface area contributed by atoms with Crippen molar-refractivity contribution in [2.45, 2.75) is 32.3 Å². The van der Waals surface area contributed by atoms with E-state index in [1.165, 1.54) is 11.3 Å². The Kier molecular flexibility index (Phi) is 3.90. The summed E-state index contributed by atoms with van der Waals surface area (Å²) in [6.07, 6.45) is 1.73. The van der Waals surface area contributed by atoms with Crippen molar-refractivity contribution in [2.75, 3.05) is 0 Å². The molecule has 3 nitrogen and oxygen atoms in total. The number of aryl methyl sites for hydroxylation is 1. The van der Waals surface area contributed by atoms with Crippen LogP contribution in [0, 0.1) is 18.8 Å². The summed E-state index contributed by atoms with van der Waals surface area (Å²) in [5.74, 6) is -1.32.